The molecule has 0 radical (unpaired) electrons. The number of alkyl halides is 3. The van der Waals surface area contributed by atoms with Gasteiger partial charge in [0.2, 0.25) is 0 Å². The van der Waals surface area contributed by atoms with E-state index in [1.807, 2.05) is 19.1 Å². The quantitative estimate of drug-likeness (QED) is 0.749. The van der Waals surface area contributed by atoms with Gasteiger partial charge in [-0.15, -0.1) is 0 Å². The van der Waals surface area contributed by atoms with E-state index in [0.717, 1.165) is 11.1 Å². The highest BCUT2D eigenvalue weighted by Crippen LogP contribution is 2.26. The number of halogens is 3. The molecule has 0 aliphatic carbocycles. The molecule has 1 aromatic carbocycles. The third kappa shape index (κ3) is 5.97. The van der Waals surface area contributed by atoms with Crippen LogP contribution < -0.4 is 15.4 Å². The van der Waals surface area contributed by atoms with Gasteiger partial charge in [0, 0.05) is 12.1 Å². The van der Waals surface area contributed by atoms with Crippen molar-refractivity contribution in [1.82, 2.24) is 10.6 Å². The fourth-order valence-corrected chi connectivity index (χ4v) is 2.00. The summed E-state index contributed by atoms with van der Waals surface area (Å²) in [6.45, 7) is 3.35. The van der Waals surface area contributed by atoms with E-state index < -0.39 is 30.8 Å². The van der Waals surface area contributed by atoms with Crippen LogP contribution in [0.3, 0.4) is 0 Å². The van der Waals surface area contributed by atoms with Gasteiger partial charge in [-0.2, -0.15) is 13.2 Å². The number of ether oxygens (including phenoxy) is 1. The Balaban J connectivity index is 2.53. The minimum Gasteiger partial charge on any atom is -0.496 e. The Labute approximate surface area is 132 Å². The third-order valence-electron chi connectivity index (χ3n) is 3.28. The van der Waals surface area contributed by atoms with E-state index in [1.54, 1.807) is 13.0 Å². The van der Waals surface area contributed by atoms with Crippen molar-refractivity contribution in [3.8, 4) is 5.75 Å². The van der Waals surface area contributed by atoms with Crippen LogP contribution in [0.1, 0.15) is 30.5 Å². The predicted octanol–water partition coefficient (Wildman–Crippen LogP) is 2.68. The molecule has 0 aliphatic heterocycles. The van der Waals surface area contributed by atoms with Crippen molar-refractivity contribution >= 4 is 6.03 Å². The van der Waals surface area contributed by atoms with Gasteiger partial charge in [-0.3, -0.25) is 0 Å². The van der Waals surface area contributed by atoms with Crippen molar-refractivity contribution in [1.29, 1.82) is 0 Å². The summed E-state index contributed by atoms with van der Waals surface area (Å²) in [5.74, 6) is 0.607. The summed E-state index contributed by atoms with van der Waals surface area (Å²) in [5.41, 5.74) is 1.75. The largest absolute Gasteiger partial charge is 0.496 e. The van der Waals surface area contributed by atoms with Gasteiger partial charge in [-0.25, -0.2) is 4.79 Å². The molecule has 5 nitrogen and oxygen atoms in total. The highest BCUT2D eigenvalue weighted by atomic mass is 19.4. The Kier molecular flexibility index (Phi) is 6.68. The SMILES string of the molecule is COc1ccc(C)cc1[C@H](C)NC(=O)NCC[C@H](O)C(F)(F)F. The molecule has 0 saturated heterocycles. The summed E-state index contributed by atoms with van der Waals surface area (Å²) in [7, 11) is 1.51. The topological polar surface area (TPSA) is 70.6 Å². The predicted molar refractivity (Wildman–Crippen MR) is 79.4 cm³/mol. The lowest BCUT2D eigenvalue weighted by molar-refractivity contribution is -0.204. The number of aliphatic hydroxyl groups excluding tert-OH is 1. The first kappa shape index (κ1) is 19.1. The second-order valence-electron chi connectivity index (χ2n) is 5.21. The third-order valence-corrected chi connectivity index (χ3v) is 3.28. The molecule has 0 unspecified atom stereocenters. The summed E-state index contributed by atoms with van der Waals surface area (Å²) in [5, 5.41) is 13.7. The Morgan fingerprint density at radius 2 is 2.04 bits per heavy atom. The molecule has 0 fully saturated rings. The van der Waals surface area contributed by atoms with Crippen LogP contribution in [0.4, 0.5) is 18.0 Å². The molecule has 0 spiro atoms. The Morgan fingerprint density at radius 3 is 2.61 bits per heavy atom. The normalized spacial score (nSPS) is 14.0. The summed E-state index contributed by atoms with van der Waals surface area (Å²) in [6.07, 6.45) is -7.73. The molecule has 2 atom stereocenters. The lowest BCUT2D eigenvalue weighted by atomic mass is 10.0. The maximum absolute atomic E-state index is 12.1. The lowest BCUT2D eigenvalue weighted by Crippen LogP contribution is -2.40. The average Bonchev–Trinajstić information content (AvgIpc) is 2.45. The van der Waals surface area contributed by atoms with Crippen molar-refractivity contribution in [2.45, 2.75) is 38.6 Å². The molecule has 8 heteroatoms. The monoisotopic (exact) mass is 334 g/mol. The number of nitrogens with one attached hydrogen (secondary N) is 2. The zero-order valence-electron chi connectivity index (χ0n) is 13.2. The number of aryl methyl sites for hydroxylation is 1. The van der Waals surface area contributed by atoms with Gasteiger partial charge in [0.15, 0.2) is 6.10 Å². The number of benzene rings is 1. The highest BCUT2D eigenvalue weighted by Gasteiger charge is 2.37. The number of carbonyl (C=O) groups excluding carboxylic acids is 1. The average molecular weight is 334 g/mol. The number of amides is 2. The lowest BCUT2D eigenvalue weighted by Gasteiger charge is -2.19. The van der Waals surface area contributed by atoms with E-state index in [0.29, 0.717) is 5.75 Å². The van der Waals surface area contributed by atoms with E-state index in [4.69, 9.17) is 9.84 Å². The van der Waals surface area contributed by atoms with Gasteiger partial charge >= 0.3 is 12.2 Å². The number of carbonyl (C=O) groups is 1. The number of methoxy groups -OCH3 is 1. The van der Waals surface area contributed by atoms with Crippen molar-refractivity contribution in [3.05, 3.63) is 29.3 Å². The van der Waals surface area contributed by atoms with Crippen LogP contribution in [0, 0.1) is 6.92 Å². The number of hydrogen-bond acceptors (Lipinski definition) is 3. The van der Waals surface area contributed by atoms with Crippen LogP contribution in [-0.4, -0.2) is 37.1 Å². The minimum absolute atomic E-state index is 0.288. The number of hydrogen-bond donors (Lipinski definition) is 3. The number of aliphatic hydroxyl groups is 1. The zero-order valence-corrected chi connectivity index (χ0v) is 13.2. The first-order chi connectivity index (χ1) is 10.6. The first-order valence-corrected chi connectivity index (χ1v) is 7.08. The maximum Gasteiger partial charge on any atom is 0.414 e. The summed E-state index contributed by atoms with van der Waals surface area (Å²) in [4.78, 5) is 11.7. The Bertz CT molecular complexity index is 535. The Morgan fingerprint density at radius 1 is 1.39 bits per heavy atom. The van der Waals surface area contributed by atoms with Crippen LogP contribution in [0.5, 0.6) is 5.75 Å². The molecule has 0 heterocycles. The van der Waals surface area contributed by atoms with Gasteiger partial charge in [0.1, 0.15) is 5.75 Å². The highest BCUT2D eigenvalue weighted by molar-refractivity contribution is 5.74. The van der Waals surface area contributed by atoms with Crippen molar-refractivity contribution in [3.63, 3.8) is 0 Å². The molecule has 3 N–H and O–H groups in total. The van der Waals surface area contributed by atoms with Gasteiger partial charge in [0.25, 0.3) is 0 Å². The fourth-order valence-electron chi connectivity index (χ4n) is 2.00. The maximum atomic E-state index is 12.1. The van der Waals surface area contributed by atoms with Gasteiger partial charge in [-0.1, -0.05) is 17.7 Å². The van der Waals surface area contributed by atoms with Crippen LogP contribution in [-0.2, 0) is 0 Å². The molecule has 130 valence electrons. The minimum atomic E-state index is -4.68. The smallest absolute Gasteiger partial charge is 0.414 e. The number of urea groups is 1. The van der Waals surface area contributed by atoms with Crippen LogP contribution >= 0.6 is 0 Å². The standard InChI is InChI=1S/C15H21F3N2O3/c1-9-4-5-12(23-3)11(8-9)10(2)20-14(22)19-7-6-13(21)15(16,17)18/h4-5,8,10,13,21H,6-7H2,1-3H3,(H2,19,20,22)/t10-,13-/m0/s1. The summed E-state index contributed by atoms with van der Waals surface area (Å²) >= 11 is 0. The van der Waals surface area contributed by atoms with Crippen molar-refractivity contribution < 1.29 is 27.8 Å². The molecule has 23 heavy (non-hydrogen) atoms. The van der Waals surface area contributed by atoms with Gasteiger partial charge in [0.05, 0.1) is 13.2 Å². The molecular formula is C15H21F3N2O3. The van der Waals surface area contributed by atoms with Gasteiger partial charge < -0.3 is 20.5 Å². The van der Waals surface area contributed by atoms with Crippen LogP contribution in [0.25, 0.3) is 0 Å². The first-order valence-electron chi connectivity index (χ1n) is 7.08. The van der Waals surface area contributed by atoms with E-state index in [9.17, 15) is 18.0 Å². The molecule has 1 rings (SSSR count). The van der Waals surface area contributed by atoms with Crippen molar-refractivity contribution in [2.24, 2.45) is 0 Å². The summed E-state index contributed by atoms with van der Waals surface area (Å²) < 4.78 is 41.6. The van der Waals surface area contributed by atoms with E-state index in [2.05, 4.69) is 10.6 Å². The zero-order chi connectivity index (χ0) is 17.6. The molecule has 0 bridgehead atoms. The number of rotatable bonds is 6. The second kappa shape index (κ2) is 8.05. The van der Waals surface area contributed by atoms with Gasteiger partial charge in [-0.05, 0) is 26.3 Å². The van der Waals surface area contributed by atoms with Crippen LogP contribution in [0.15, 0.2) is 18.2 Å². The molecule has 0 aliphatic rings. The molecule has 0 aromatic heterocycles. The molecular weight excluding hydrogens is 313 g/mol. The molecule has 1 aromatic rings. The van der Waals surface area contributed by atoms with E-state index >= 15 is 0 Å². The molecule has 0 saturated carbocycles. The summed E-state index contributed by atoms with van der Waals surface area (Å²) in [6, 6.07) is 4.50. The van der Waals surface area contributed by atoms with Crippen LogP contribution in [0.2, 0.25) is 0 Å². The fraction of sp³-hybridized carbons (Fsp3) is 0.533. The Hall–Kier alpha value is -1.96. The van der Waals surface area contributed by atoms with E-state index in [1.165, 1.54) is 7.11 Å². The van der Waals surface area contributed by atoms with Crippen molar-refractivity contribution in [2.75, 3.05) is 13.7 Å². The van der Waals surface area contributed by atoms with E-state index in [-0.39, 0.29) is 6.54 Å². The second-order valence-corrected chi connectivity index (χ2v) is 5.21. The molecule has 2 amide bonds.